The molecule has 4 fully saturated rings. The number of allylic oxidation sites excluding steroid dienone is 3. The molecular weight excluding hydrogens is 472 g/mol. The number of hydrogen-bond acceptors (Lipinski definition) is 4. The second-order valence-corrected chi connectivity index (χ2v) is 12.7. The Morgan fingerprint density at radius 2 is 1.87 bits per heavy atom. The Balaban J connectivity index is 1.32. The topological polar surface area (TPSA) is 66.8 Å². The molecule has 2 N–H and O–H groups in total. The third-order valence-corrected chi connectivity index (χ3v) is 10.6. The Bertz CT molecular complexity index is 1150. The van der Waals surface area contributed by atoms with Crippen LogP contribution in [0, 0.1) is 29.1 Å². The molecule has 1 aromatic rings. The molecule has 0 bridgehead atoms. The fraction of sp³-hybridized carbons (Fsp3) is 0.559. The van der Waals surface area contributed by atoms with E-state index in [4.69, 9.17) is 4.74 Å². The maximum atomic E-state index is 12.5. The van der Waals surface area contributed by atoms with Gasteiger partial charge in [0, 0.05) is 11.5 Å². The summed E-state index contributed by atoms with van der Waals surface area (Å²) >= 11 is 0. The van der Waals surface area contributed by atoms with Gasteiger partial charge in [-0.15, -0.1) is 0 Å². The van der Waals surface area contributed by atoms with Crippen molar-refractivity contribution in [2.45, 2.75) is 89.9 Å². The largest absolute Gasteiger partial charge is 0.458 e. The first-order chi connectivity index (χ1) is 18.1. The molecule has 5 rings (SSSR count). The molecule has 1 saturated heterocycles. The van der Waals surface area contributed by atoms with Crippen LogP contribution in [0.1, 0.15) is 77.2 Å². The minimum Gasteiger partial charge on any atom is -0.458 e. The normalized spacial score (nSPS) is 40.4. The number of aliphatic hydroxyl groups excluding tert-OH is 2. The van der Waals surface area contributed by atoms with E-state index in [1.54, 1.807) is 0 Å². The molecule has 0 unspecified atom stereocenters. The van der Waals surface area contributed by atoms with Gasteiger partial charge < -0.3 is 14.9 Å². The van der Waals surface area contributed by atoms with Crippen LogP contribution in [0.2, 0.25) is 0 Å². The van der Waals surface area contributed by atoms with Gasteiger partial charge in [-0.05, 0) is 84.8 Å². The average molecular weight is 517 g/mol. The summed E-state index contributed by atoms with van der Waals surface area (Å²) in [5.74, 6) is 1.04. The summed E-state index contributed by atoms with van der Waals surface area (Å²) in [5.41, 5.74) is 5.13. The lowest BCUT2D eigenvalue weighted by Gasteiger charge is -2.45. The van der Waals surface area contributed by atoms with Crippen LogP contribution in [0.4, 0.5) is 0 Å². The number of esters is 1. The molecule has 1 aromatic carbocycles. The SMILES string of the molecule is C=C1C(=CC=C2CCC[C@]3(C)[C@@H]([C@H](C)C[C@@H]4OC(=O)C(=C)[C@@H]4c4ccccc4)CC[C@@H]23)C[C@@H](O)[C@H](C)[C@@H]1O. The van der Waals surface area contributed by atoms with Crippen LogP contribution in [0.3, 0.4) is 0 Å². The van der Waals surface area contributed by atoms with Gasteiger partial charge in [0.25, 0.3) is 0 Å². The van der Waals surface area contributed by atoms with Crippen molar-refractivity contribution in [1.82, 2.24) is 0 Å². The Kier molecular flexibility index (Phi) is 7.59. The molecule has 1 aliphatic heterocycles. The Hall–Kier alpha value is -2.43. The summed E-state index contributed by atoms with van der Waals surface area (Å²) in [5, 5.41) is 20.9. The molecular formula is C34H44O4. The predicted octanol–water partition coefficient (Wildman–Crippen LogP) is 6.67. The lowest BCUT2D eigenvalue weighted by atomic mass is 9.60. The van der Waals surface area contributed by atoms with Gasteiger partial charge in [-0.1, -0.05) is 82.0 Å². The van der Waals surface area contributed by atoms with Crippen molar-refractivity contribution in [3.63, 3.8) is 0 Å². The number of aliphatic hydroxyl groups is 2. The second kappa shape index (κ2) is 10.6. The number of ether oxygens (including phenoxy) is 1. The molecule has 0 spiro atoms. The minimum absolute atomic E-state index is 0.0680. The Labute approximate surface area is 228 Å². The Morgan fingerprint density at radius 1 is 1.13 bits per heavy atom. The fourth-order valence-corrected chi connectivity index (χ4v) is 8.28. The van der Waals surface area contributed by atoms with Gasteiger partial charge in [-0.3, -0.25) is 0 Å². The fourth-order valence-electron chi connectivity index (χ4n) is 8.28. The quantitative estimate of drug-likeness (QED) is 0.339. The molecule has 0 aromatic heterocycles. The molecule has 3 saturated carbocycles. The number of carbonyl (C=O) groups is 1. The van der Waals surface area contributed by atoms with E-state index in [-0.39, 0.29) is 29.3 Å². The zero-order valence-electron chi connectivity index (χ0n) is 23.2. The first kappa shape index (κ1) is 27.1. The third kappa shape index (κ3) is 4.75. The van der Waals surface area contributed by atoms with Gasteiger partial charge in [-0.25, -0.2) is 4.79 Å². The van der Waals surface area contributed by atoms with E-state index in [1.807, 2.05) is 25.1 Å². The summed E-state index contributed by atoms with van der Waals surface area (Å²) in [7, 11) is 0. The van der Waals surface area contributed by atoms with E-state index in [0.717, 1.165) is 29.6 Å². The first-order valence-corrected chi connectivity index (χ1v) is 14.5. The van der Waals surface area contributed by atoms with Crippen molar-refractivity contribution in [2.75, 3.05) is 0 Å². The lowest BCUT2D eigenvalue weighted by molar-refractivity contribution is -0.139. The molecule has 9 atom stereocenters. The van der Waals surface area contributed by atoms with E-state index in [2.05, 4.69) is 51.3 Å². The Morgan fingerprint density at radius 3 is 2.61 bits per heavy atom. The lowest BCUT2D eigenvalue weighted by Crippen LogP contribution is -2.37. The van der Waals surface area contributed by atoms with Gasteiger partial charge in [0.05, 0.1) is 18.1 Å². The molecule has 204 valence electrons. The summed E-state index contributed by atoms with van der Waals surface area (Å²) < 4.78 is 5.89. The van der Waals surface area contributed by atoms with Crippen molar-refractivity contribution in [2.24, 2.45) is 29.1 Å². The van der Waals surface area contributed by atoms with Gasteiger partial charge in [-0.2, -0.15) is 0 Å². The first-order valence-electron chi connectivity index (χ1n) is 14.5. The molecule has 0 radical (unpaired) electrons. The van der Waals surface area contributed by atoms with Gasteiger partial charge in [0.15, 0.2) is 0 Å². The number of fused-ring (bicyclic) bond motifs is 1. The van der Waals surface area contributed by atoms with Crippen LogP contribution in [0.5, 0.6) is 0 Å². The number of benzene rings is 1. The van der Waals surface area contributed by atoms with E-state index in [9.17, 15) is 15.0 Å². The summed E-state index contributed by atoms with van der Waals surface area (Å²) in [6.07, 6.45) is 10.3. The van der Waals surface area contributed by atoms with Crippen molar-refractivity contribution in [3.05, 3.63) is 83.5 Å². The molecule has 4 aliphatic rings. The highest BCUT2D eigenvalue weighted by Gasteiger charge is 2.52. The van der Waals surface area contributed by atoms with E-state index >= 15 is 0 Å². The van der Waals surface area contributed by atoms with Crippen molar-refractivity contribution in [3.8, 4) is 0 Å². The second-order valence-electron chi connectivity index (χ2n) is 12.7. The minimum atomic E-state index is -0.683. The maximum Gasteiger partial charge on any atom is 0.334 e. The van der Waals surface area contributed by atoms with E-state index < -0.39 is 12.2 Å². The highest BCUT2D eigenvalue weighted by molar-refractivity contribution is 5.92. The smallest absolute Gasteiger partial charge is 0.334 e. The highest BCUT2D eigenvalue weighted by atomic mass is 16.6. The summed E-state index contributed by atoms with van der Waals surface area (Å²) in [4.78, 5) is 12.5. The summed E-state index contributed by atoms with van der Waals surface area (Å²) in [6.45, 7) is 14.9. The molecule has 1 heterocycles. The average Bonchev–Trinajstić information content (AvgIpc) is 3.40. The molecule has 3 aliphatic carbocycles. The van der Waals surface area contributed by atoms with Crippen LogP contribution in [0.15, 0.2) is 77.9 Å². The van der Waals surface area contributed by atoms with Gasteiger partial charge in [0.2, 0.25) is 0 Å². The maximum absolute atomic E-state index is 12.5. The number of carbonyl (C=O) groups excluding carboxylic acids is 1. The van der Waals surface area contributed by atoms with Crippen LogP contribution < -0.4 is 0 Å². The van der Waals surface area contributed by atoms with E-state index in [0.29, 0.717) is 29.7 Å². The molecule has 4 nitrogen and oxygen atoms in total. The zero-order valence-corrected chi connectivity index (χ0v) is 23.2. The number of cyclic esters (lactones) is 1. The monoisotopic (exact) mass is 516 g/mol. The highest BCUT2D eigenvalue weighted by Crippen LogP contribution is 2.60. The van der Waals surface area contributed by atoms with Gasteiger partial charge in [0.1, 0.15) is 6.10 Å². The van der Waals surface area contributed by atoms with Crippen LogP contribution in [-0.4, -0.2) is 34.5 Å². The molecule has 38 heavy (non-hydrogen) atoms. The van der Waals surface area contributed by atoms with Crippen molar-refractivity contribution >= 4 is 5.97 Å². The predicted molar refractivity (Wildman–Crippen MR) is 151 cm³/mol. The van der Waals surface area contributed by atoms with Crippen molar-refractivity contribution in [1.29, 1.82) is 0 Å². The molecule has 0 amide bonds. The van der Waals surface area contributed by atoms with E-state index in [1.165, 1.54) is 31.3 Å². The van der Waals surface area contributed by atoms with Crippen LogP contribution in [0.25, 0.3) is 0 Å². The van der Waals surface area contributed by atoms with Crippen LogP contribution >= 0.6 is 0 Å². The molecule has 4 heteroatoms. The standard InChI is InChI=1S/C34H44O4/c1-20(18-30-31(23(4)33(37)38-30)25-10-7-6-8-11-25)27-15-16-28-24(12-9-17-34(27,28)5)13-14-26-19-29(35)22(3)32(36)21(26)2/h6-8,10-11,13-14,20,22,27-32,35-36H,2,4,9,12,15-19H2,1,3,5H3/t20-,22+,27-,28+,29-,30+,31-,32-,34-/m1/s1. The van der Waals surface area contributed by atoms with Gasteiger partial charge >= 0.3 is 5.97 Å². The van der Waals surface area contributed by atoms with Crippen molar-refractivity contribution < 1.29 is 19.7 Å². The number of hydrogen-bond donors (Lipinski definition) is 2. The number of rotatable bonds is 5. The van der Waals surface area contributed by atoms with Crippen LogP contribution in [-0.2, 0) is 9.53 Å². The zero-order chi connectivity index (χ0) is 27.2. The summed E-state index contributed by atoms with van der Waals surface area (Å²) in [6, 6.07) is 10.2. The third-order valence-electron chi connectivity index (χ3n) is 10.6.